The molecule has 0 radical (unpaired) electrons. The summed E-state index contributed by atoms with van der Waals surface area (Å²) in [6, 6.07) is 11.5. The SMILES string of the molecule is C[C@](O)(CNC(=O)[C@H]1CN(Cc2ccccc2)C[C@H]1C(F)(F)F)c1ccc(F)cc1F. The average molecular weight is 442 g/mol. The molecule has 2 aromatic carbocycles. The Kier molecular flexibility index (Phi) is 6.66. The number of nitrogens with one attached hydrogen (secondary N) is 1. The number of benzene rings is 2. The summed E-state index contributed by atoms with van der Waals surface area (Å²) >= 11 is 0. The van der Waals surface area contributed by atoms with Crippen LogP contribution in [0.5, 0.6) is 0 Å². The Bertz CT molecular complexity index is 918. The van der Waals surface area contributed by atoms with Gasteiger partial charge in [0, 0.05) is 31.3 Å². The number of likely N-dealkylation sites (tertiary alicyclic amines) is 1. The van der Waals surface area contributed by atoms with Crippen LogP contribution in [0, 0.1) is 23.5 Å². The molecule has 0 spiro atoms. The fraction of sp³-hybridized carbons (Fsp3) is 0.409. The van der Waals surface area contributed by atoms with E-state index in [-0.39, 0.29) is 25.2 Å². The minimum atomic E-state index is -4.57. The number of carbonyl (C=O) groups excluding carboxylic acids is 1. The fourth-order valence-electron chi connectivity index (χ4n) is 3.87. The van der Waals surface area contributed by atoms with Crippen molar-refractivity contribution in [2.75, 3.05) is 19.6 Å². The molecule has 2 aromatic rings. The first kappa shape index (κ1) is 23.1. The zero-order valence-electron chi connectivity index (χ0n) is 16.8. The summed E-state index contributed by atoms with van der Waals surface area (Å²) in [5.41, 5.74) is -1.36. The molecule has 0 saturated carbocycles. The van der Waals surface area contributed by atoms with E-state index < -0.39 is 47.7 Å². The summed E-state index contributed by atoms with van der Waals surface area (Å²) in [6.45, 7) is 0.530. The monoisotopic (exact) mass is 442 g/mol. The number of rotatable bonds is 6. The molecule has 0 bridgehead atoms. The van der Waals surface area contributed by atoms with Gasteiger partial charge < -0.3 is 10.4 Å². The third-order valence-corrected chi connectivity index (χ3v) is 5.52. The lowest BCUT2D eigenvalue weighted by Crippen LogP contribution is -2.45. The van der Waals surface area contributed by atoms with Crippen LogP contribution < -0.4 is 5.32 Å². The Labute approximate surface area is 176 Å². The summed E-state index contributed by atoms with van der Waals surface area (Å²) in [7, 11) is 0. The summed E-state index contributed by atoms with van der Waals surface area (Å²) in [6.07, 6.45) is -4.57. The molecule has 3 atom stereocenters. The molecule has 3 rings (SSSR count). The molecule has 1 aliphatic heterocycles. The summed E-state index contributed by atoms with van der Waals surface area (Å²) in [4.78, 5) is 14.2. The molecule has 1 aliphatic rings. The molecule has 1 saturated heterocycles. The standard InChI is InChI=1S/C22H23F5N2O2/c1-21(31,17-8-7-15(23)9-19(17)24)13-28-20(30)16-11-29(12-18(16)22(25,26)27)10-14-5-3-2-4-6-14/h2-9,16,18,31H,10-13H2,1H3,(H,28,30)/t16-,18+,21-/m0/s1. The van der Waals surface area contributed by atoms with Gasteiger partial charge in [-0.15, -0.1) is 0 Å². The number of halogens is 5. The van der Waals surface area contributed by atoms with Gasteiger partial charge in [0.15, 0.2) is 0 Å². The molecule has 168 valence electrons. The van der Waals surface area contributed by atoms with E-state index in [1.807, 2.05) is 0 Å². The van der Waals surface area contributed by atoms with Crippen molar-refractivity contribution in [3.05, 3.63) is 71.3 Å². The van der Waals surface area contributed by atoms with E-state index in [0.29, 0.717) is 6.07 Å². The first-order chi connectivity index (χ1) is 14.5. The van der Waals surface area contributed by atoms with Crippen LogP contribution in [0.25, 0.3) is 0 Å². The highest BCUT2D eigenvalue weighted by atomic mass is 19.4. The van der Waals surface area contributed by atoms with Crippen LogP contribution in [0.3, 0.4) is 0 Å². The maximum absolute atomic E-state index is 14.0. The lowest BCUT2D eigenvalue weighted by atomic mass is 9.92. The number of hydrogen-bond donors (Lipinski definition) is 2. The van der Waals surface area contributed by atoms with Crippen molar-refractivity contribution in [2.45, 2.75) is 25.2 Å². The Balaban J connectivity index is 1.69. The van der Waals surface area contributed by atoms with Crippen molar-refractivity contribution < 1.29 is 31.9 Å². The van der Waals surface area contributed by atoms with Crippen LogP contribution in [0.1, 0.15) is 18.1 Å². The van der Waals surface area contributed by atoms with E-state index in [0.717, 1.165) is 17.7 Å². The van der Waals surface area contributed by atoms with E-state index >= 15 is 0 Å². The van der Waals surface area contributed by atoms with E-state index in [1.54, 1.807) is 35.2 Å². The van der Waals surface area contributed by atoms with Gasteiger partial charge in [-0.05, 0) is 18.6 Å². The number of carbonyl (C=O) groups is 1. The summed E-state index contributed by atoms with van der Waals surface area (Å²) < 4.78 is 67.8. The highest BCUT2D eigenvalue weighted by Gasteiger charge is 2.52. The second-order valence-electron chi connectivity index (χ2n) is 8.05. The number of nitrogens with zero attached hydrogens (tertiary/aromatic N) is 1. The van der Waals surface area contributed by atoms with Crippen molar-refractivity contribution in [3.8, 4) is 0 Å². The minimum absolute atomic E-state index is 0.0992. The van der Waals surface area contributed by atoms with Gasteiger partial charge >= 0.3 is 6.18 Å². The summed E-state index contributed by atoms with van der Waals surface area (Å²) in [5, 5.41) is 12.8. The summed E-state index contributed by atoms with van der Waals surface area (Å²) in [5.74, 6) is -5.94. The maximum Gasteiger partial charge on any atom is 0.393 e. The Morgan fingerprint density at radius 2 is 1.81 bits per heavy atom. The predicted molar refractivity (Wildman–Crippen MR) is 104 cm³/mol. The smallest absolute Gasteiger partial charge is 0.383 e. The van der Waals surface area contributed by atoms with E-state index in [9.17, 15) is 31.9 Å². The molecule has 1 fully saturated rings. The van der Waals surface area contributed by atoms with Crippen molar-refractivity contribution in [2.24, 2.45) is 11.8 Å². The second kappa shape index (κ2) is 8.92. The van der Waals surface area contributed by atoms with Crippen molar-refractivity contribution in [3.63, 3.8) is 0 Å². The number of amides is 1. The third-order valence-electron chi connectivity index (χ3n) is 5.52. The first-order valence-corrected chi connectivity index (χ1v) is 9.76. The van der Waals surface area contributed by atoms with Crippen LogP contribution in [0.15, 0.2) is 48.5 Å². The van der Waals surface area contributed by atoms with Gasteiger partial charge in [0.05, 0.1) is 18.4 Å². The highest BCUT2D eigenvalue weighted by Crippen LogP contribution is 2.38. The van der Waals surface area contributed by atoms with Crippen molar-refractivity contribution >= 4 is 5.91 Å². The molecule has 2 N–H and O–H groups in total. The van der Waals surface area contributed by atoms with Crippen LogP contribution in [0.2, 0.25) is 0 Å². The van der Waals surface area contributed by atoms with Crippen LogP contribution in [-0.4, -0.2) is 41.7 Å². The lowest BCUT2D eigenvalue weighted by Gasteiger charge is -2.27. The quantitative estimate of drug-likeness (QED) is 0.673. The Morgan fingerprint density at radius 1 is 1.13 bits per heavy atom. The van der Waals surface area contributed by atoms with Gasteiger partial charge in [0.25, 0.3) is 0 Å². The van der Waals surface area contributed by atoms with Crippen LogP contribution in [-0.2, 0) is 16.9 Å². The van der Waals surface area contributed by atoms with E-state index in [2.05, 4.69) is 5.32 Å². The zero-order chi connectivity index (χ0) is 22.8. The first-order valence-electron chi connectivity index (χ1n) is 9.76. The van der Waals surface area contributed by atoms with E-state index in [4.69, 9.17) is 0 Å². The predicted octanol–water partition coefficient (Wildman–Crippen LogP) is 3.60. The zero-order valence-corrected chi connectivity index (χ0v) is 16.8. The minimum Gasteiger partial charge on any atom is -0.383 e. The Morgan fingerprint density at radius 3 is 2.42 bits per heavy atom. The van der Waals surface area contributed by atoms with Crippen molar-refractivity contribution in [1.82, 2.24) is 10.2 Å². The molecule has 1 amide bonds. The number of hydrogen-bond acceptors (Lipinski definition) is 3. The van der Waals surface area contributed by atoms with Gasteiger partial charge in [-0.1, -0.05) is 36.4 Å². The van der Waals surface area contributed by atoms with E-state index in [1.165, 1.54) is 6.92 Å². The largest absolute Gasteiger partial charge is 0.393 e. The van der Waals surface area contributed by atoms with Gasteiger partial charge in [0.2, 0.25) is 5.91 Å². The molecule has 9 heteroatoms. The fourth-order valence-corrected chi connectivity index (χ4v) is 3.87. The van der Waals surface area contributed by atoms with Crippen molar-refractivity contribution in [1.29, 1.82) is 0 Å². The number of aliphatic hydroxyl groups is 1. The van der Waals surface area contributed by atoms with Gasteiger partial charge in [-0.25, -0.2) is 8.78 Å². The molecule has 31 heavy (non-hydrogen) atoms. The molecular weight excluding hydrogens is 419 g/mol. The molecular formula is C22H23F5N2O2. The third kappa shape index (κ3) is 5.59. The molecule has 0 aliphatic carbocycles. The average Bonchev–Trinajstić information content (AvgIpc) is 3.11. The second-order valence-corrected chi connectivity index (χ2v) is 8.05. The van der Waals surface area contributed by atoms with Gasteiger partial charge in [-0.2, -0.15) is 13.2 Å². The normalized spacial score (nSPS) is 21.6. The Hall–Kier alpha value is -2.52. The lowest BCUT2D eigenvalue weighted by molar-refractivity contribution is -0.183. The number of alkyl halides is 3. The molecule has 0 aromatic heterocycles. The molecule has 0 unspecified atom stereocenters. The molecule has 1 heterocycles. The van der Waals surface area contributed by atoms with Gasteiger partial charge in [0.1, 0.15) is 17.2 Å². The van der Waals surface area contributed by atoms with Crippen LogP contribution in [0.4, 0.5) is 22.0 Å². The highest BCUT2D eigenvalue weighted by molar-refractivity contribution is 5.79. The topological polar surface area (TPSA) is 52.6 Å². The van der Waals surface area contributed by atoms with Crippen LogP contribution >= 0.6 is 0 Å². The molecule has 4 nitrogen and oxygen atoms in total. The maximum atomic E-state index is 14.0. The van der Waals surface area contributed by atoms with Gasteiger partial charge in [-0.3, -0.25) is 9.69 Å².